The first-order chi connectivity index (χ1) is 6.43. The Bertz CT molecular complexity index is 430. The smallest absolute Gasteiger partial charge is 0.264 e. The average molecular weight is 242 g/mol. The minimum Gasteiger partial charge on any atom is -0.312 e. The van der Waals surface area contributed by atoms with Gasteiger partial charge in [-0.15, -0.1) is 0 Å². The fourth-order valence-corrected chi connectivity index (χ4v) is 1.46. The van der Waals surface area contributed by atoms with Gasteiger partial charge in [-0.25, -0.2) is 8.78 Å². The summed E-state index contributed by atoms with van der Waals surface area (Å²) in [5.74, 6) is 0. The second kappa shape index (κ2) is 4.06. The molecule has 0 aliphatic carbocycles. The number of carbonyl (C=O) groups excluding carboxylic acids is 1. The lowest BCUT2D eigenvalue weighted by Crippen LogP contribution is -2.12. The summed E-state index contributed by atoms with van der Waals surface area (Å²) in [7, 11) is 0. The number of hydrogen-bond acceptors (Lipinski definition) is 2. The summed E-state index contributed by atoms with van der Waals surface area (Å²) >= 11 is 10.4. The van der Waals surface area contributed by atoms with Crippen molar-refractivity contribution in [1.29, 1.82) is 0 Å². The number of pyridine rings is 1. The highest BCUT2D eigenvalue weighted by molar-refractivity contribution is 6.68. The molecule has 1 aromatic rings. The normalized spacial score (nSPS) is 10.6. The maximum atomic E-state index is 12.3. The first-order valence-electron chi connectivity index (χ1n) is 3.34. The summed E-state index contributed by atoms with van der Waals surface area (Å²) in [5.41, 5.74) is -2.14. The zero-order valence-corrected chi connectivity index (χ0v) is 7.99. The van der Waals surface area contributed by atoms with E-state index >= 15 is 0 Å². The van der Waals surface area contributed by atoms with Crippen LogP contribution in [0.4, 0.5) is 8.78 Å². The number of hydrogen-bond donors (Lipinski definition) is 1. The highest BCUT2D eigenvalue weighted by Gasteiger charge is 2.21. The zero-order chi connectivity index (χ0) is 10.9. The summed E-state index contributed by atoms with van der Waals surface area (Å²) in [6, 6.07) is 0.589. The molecule has 0 spiro atoms. The van der Waals surface area contributed by atoms with Crippen LogP contribution < -0.4 is 5.56 Å². The second-order valence-corrected chi connectivity index (χ2v) is 3.07. The molecule has 0 amide bonds. The number of carbonyl (C=O) groups is 1. The third kappa shape index (κ3) is 2.10. The van der Waals surface area contributed by atoms with Gasteiger partial charge < -0.3 is 4.98 Å². The number of nitrogens with one attached hydrogen (secondary N) is 1. The van der Waals surface area contributed by atoms with E-state index in [9.17, 15) is 18.4 Å². The number of aromatic nitrogens is 1. The molecule has 76 valence electrons. The van der Waals surface area contributed by atoms with E-state index < -0.39 is 33.5 Å². The summed E-state index contributed by atoms with van der Waals surface area (Å²) < 4.78 is 24.7. The van der Waals surface area contributed by atoms with Gasteiger partial charge >= 0.3 is 0 Å². The number of alkyl halides is 2. The number of halogens is 4. The maximum Gasteiger partial charge on any atom is 0.264 e. The predicted molar refractivity (Wildman–Crippen MR) is 47.2 cm³/mol. The third-order valence-electron chi connectivity index (χ3n) is 1.46. The van der Waals surface area contributed by atoms with Gasteiger partial charge in [0.2, 0.25) is 5.56 Å². The Labute approximate surface area is 86.6 Å². The Morgan fingerprint density at radius 3 is 2.50 bits per heavy atom. The van der Waals surface area contributed by atoms with E-state index in [4.69, 9.17) is 23.2 Å². The molecule has 0 fully saturated rings. The highest BCUT2D eigenvalue weighted by atomic mass is 35.5. The van der Waals surface area contributed by atoms with Crippen molar-refractivity contribution in [2.24, 2.45) is 0 Å². The van der Waals surface area contributed by atoms with Gasteiger partial charge in [0.25, 0.3) is 11.7 Å². The van der Waals surface area contributed by atoms with Crippen LogP contribution >= 0.6 is 23.2 Å². The van der Waals surface area contributed by atoms with E-state index in [1.165, 1.54) is 0 Å². The molecule has 14 heavy (non-hydrogen) atoms. The van der Waals surface area contributed by atoms with Crippen LogP contribution in [0.1, 0.15) is 22.3 Å². The molecular weight excluding hydrogens is 239 g/mol. The molecule has 0 saturated carbocycles. The molecule has 1 heterocycles. The Morgan fingerprint density at radius 2 is 2.07 bits per heavy atom. The average Bonchev–Trinajstić information content (AvgIpc) is 2.01. The Kier molecular flexibility index (Phi) is 3.23. The van der Waals surface area contributed by atoms with E-state index in [2.05, 4.69) is 0 Å². The van der Waals surface area contributed by atoms with Crippen molar-refractivity contribution in [3.8, 4) is 0 Å². The SMILES string of the molecule is O=C(Cl)c1c(C(F)F)cc(=O)[nH]c1Cl. The van der Waals surface area contributed by atoms with Crippen molar-refractivity contribution in [2.75, 3.05) is 0 Å². The van der Waals surface area contributed by atoms with E-state index in [0.29, 0.717) is 6.07 Å². The largest absolute Gasteiger partial charge is 0.312 e. The molecule has 0 bridgehead atoms. The minimum atomic E-state index is -2.98. The zero-order valence-electron chi connectivity index (χ0n) is 6.48. The molecule has 1 N–H and O–H groups in total. The van der Waals surface area contributed by atoms with Crippen LogP contribution in [-0.2, 0) is 0 Å². The summed E-state index contributed by atoms with van der Waals surface area (Å²) in [5, 5.41) is -1.62. The van der Waals surface area contributed by atoms with Gasteiger partial charge in [-0.1, -0.05) is 11.6 Å². The Balaban J connectivity index is 3.52. The lowest BCUT2D eigenvalue weighted by atomic mass is 10.1. The molecule has 1 rings (SSSR count). The summed E-state index contributed by atoms with van der Waals surface area (Å²) in [4.78, 5) is 23.5. The van der Waals surface area contributed by atoms with E-state index in [1.807, 2.05) is 4.98 Å². The van der Waals surface area contributed by atoms with E-state index in [1.54, 1.807) is 0 Å². The van der Waals surface area contributed by atoms with Crippen LogP contribution in [0.25, 0.3) is 0 Å². The molecule has 0 saturated heterocycles. The lowest BCUT2D eigenvalue weighted by molar-refractivity contribution is 0.106. The topological polar surface area (TPSA) is 49.9 Å². The number of H-pyrrole nitrogens is 1. The van der Waals surface area contributed by atoms with Crippen molar-refractivity contribution in [3.63, 3.8) is 0 Å². The first-order valence-corrected chi connectivity index (χ1v) is 4.09. The second-order valence-electron chi connectivity index (χ2n) is 2.35. The minimum absolute atomic E-state index is 0.479. The van der Waals surface area contributed by atoms with E-state index in [-0.39, 0.29) is 0 Å². The van der Waals surface area contributed by atoms with Crippen LogP contribution in [0.5, 0.6) is 0 Å². The van der Waals surface area contributed by atoms with Crippen molar-refractivity contribution in [2.45, 2.75) is 6.43 Å². The maximum absolute atomic E-state index is 12.3. The van der Waals surface area contributed by atoms with Gasteiger partial charge in [0, 0.05) is 11.6 Å². The van der Waals surface area contributed by atoms with Gasteiger partial charge in [0.1, 0.15) is 5.15 Å². The quantitative estimate of drug-likeness (QED) is 0.639. The summed E-state index contributed by atoms with van der Waals surface area (Å²) in [6.45, 7) is 0. The standard InChI is InChI=1S/C7H3Cl2F2NO2/c8-5-4(6(9)14)2(7(10)11)1-3(13)12-5/h1,7H,(H,12,13). The van der Waals surface area contributed by atoms with Crippen molar-refractivity contribution >= 4 is 28.4 Å². The van der Waals surface area contributed by atoms with Gasteiger partial charge in [0.05, 0.1) is 5.56 Å². The van der Waals surface area contributed by atoms with Gasteiger partial charge in [0.15, 0.2) is 0 Å². The highest BCUT2D eigenvalue weighted by Crippen LogP contribution is 2.26. The summed E-state index contributed by atoms with van der Waals surface area (Å²) in [6.07, 6.45) is -2.98. The lowest BCUT2D eigenvalue weighted by Gasteiger charge is -2.05. The molecule has 3 nitrogen and oxygen atoms in total. The first kappa shape index (κ1) is 11.1. The van der Waals surface area contributed by atoms with Crippen LogP contribution in [0.2, 0.25) is 5.15 Å². The molecule has 7 heteroatoms. The molecule has 0 unspecified atom stereocenters. The Morgan fingerprint density at radius 1 is 1.50 bits per heavy atom. The van der Waals surface area contributed by atoms with E-state index in [0.717, 1.165) is 0 Å². The molecule has 0 radical (unpaired) electrons. The molecule has 0 aliphatic heterocycles. The van der Waals surface area contributed by atoms with Gasteiger partial charge in [-0.3, -0.25) is 9.59 Å². The van der Waals surface area contributed by atoms with Crippen molar-refractivity contribution in [3.05, 3.63) is 32.7 Å². The number of rotatable bonds is 2. The Hall–Kier alpha value is -0.940. The fourth-order valence-electron chi connectivity index (χ4n) is 0.919. The van der Waals surface area contributed by atoms with Crippen LogP contribution in [0.15, 0.2) is 10.9 Å². The molecule has 0 aromatic carbocycles. The number of aromatic amines is 1. The fraction of sp³-hybridized carbons (Fsp3) is 0.143. The van der Waals surface area contributed by atoms with Crippen molar-refractivity contribution < 1.29 is 13.6 Å². The van der Waals surface area contributed by atoms with Crippen LogP contribution in [0.3, 0.4) is 0 Å². The van der Waals surface area contributed by atoms with Gasteiger partial charge in [-0.05, 0) is 11.6 Å². The van der Waals surface area contributed by atoms with Gasteiger partial charge in [-0.2, -0.15) is 0 Å². The monoisotopic (exact) mass is 241 g/mol. The molecule has 1 aromatic heterocycles. The van der Waals surface area contributed by atoms with Crippen LogP contribution in [0, 0.1) is 0 Å². The molecule has 0 aliphatic rings. The molecular formula is C7H3Cl2F2NO2. The predicted octanol–water partition coefficient (Wildman–Crippen LogP) is 2.34. The van der Waals surface area contributed by atoms with Crippen molar-refractivity contribution in [1.82, 2.24) is 4.98 Å². The van der Waals surface area contributed by atoms with Crippen LogP contribution in [-0.4, -0.2) is 10.2 Å². The molecule has 0 atom stereocenters. The third-order valence-corrected chi connectivity index (χ3v) is 1.93.